The molecule has 1 aromatic rings. The second-order valence-electron chi connectivity index (χ2n) is 4.28. The number of nitrogens with zero attached hydrogens (tertiary/aromatic N) is 2. The molecular weight excluding hydrogens is 314 g/mol. The maximum absolute atomic E-state index is 12.1. The molecule has 0 saturated carbocycles. The molecule has 0 heterocycles. The van der Waals surface area contributed by atoms with Crippen molar-refractivity contribution in [1.82, 2.24) is 4.90 Å². The summed E-state index contributed by atoms with van der Waals surface area (Å²) in [4.78, 5) is 13.6. The fraction of sp³-hybridized carbons (Fsp3) is 0.333. The lowest BCUT2D eigenvalue weighted by molar-refractivity contribution is 0.0785. The molecule has 0 aromatic heterocycles. The van der Waals surface area contributed by atoms with Crippen LogP contribution < -0.4 is 5.73 Å². The lowest BCUT2D eigenvalue weighted by Crippen LogP contribution is -2.36. The van der Waals surface area contributed by atoms with E-state index in [0.29, 0.717) is 16.6 Å². The zero-order chi connectivity index (χ0) is 14.6. The van der Waals surface area contributed by atoms with Crippen LogP contribution >= 0.6 is 15.9 Å². The topological polar surface area (TPSA) is 99.2 Å². The summed E-state index contributed by atoms with van der Waals surface area (Å²) in [5.74, 6) is -0.439. The van der Waals surface area contributed by atoms with Crippen molar-refractivity contribution in [3.05, 3.63) is 28.2 Å². The highest BCUT2D eigenvalue weighted by atomic mass is 79.9. The summed E-state index contributed by atoms with van der Waals surface area (Å²) in [5.41, 5.74) is 5.83. The maximum Gasteiger partial charge on any atom is 0.253 e. The largest absolute Gasteiger partial charge is 0.507 e. The molecule has 1 rings (SSSR count). The minimum Gasteiger partial charge on any atom is -0.507 e. The Labute approximate surface area is 119 Å². The highest BCUT2D eigenvalue weighted by Crippen LogP contribution is 2.24. The monoisotopic (exact) mass is 329 g/mol. The highest BCUT2D eigenvalue weighted by molar-refractivity contribution is 9.10. The minimum atomic E-state index is -0.261. The van der Waals surface area contributed by atoms with Crippen LogP contribution in [0.2, 0.25) is 0 Å². The smallest absolute Gasteiger partial charge is 0.253 e. The molecule has 1 unspecified atom stereocenters. The van der Waals surface area contributed by atoms with Crippen molar-refractivity contribution >= 4 is 27.7 Å². The van der Waals surface area contributed by atoms with Crippen molar-refractivity contribution < 1.29 is 15.1 Å². The molecule has 0 fully saturated rings. The second kappa shape index (κ2) is 6.42. The highest BCUT2D eigenvalue weighted by Gasteiger charge is 2.17. The molecule has 0 saturated heterocycles. The first-order valence-corrected chi connectivity index (χ1v) is 6.37. The number of amidine groups is 1. The Bertz CT molecular complexity index is 505. The second-order valence-corrected chi connectivity index (χ2v) is 5.13. The molecule has 0 aliphatic carbocycles. The number of carbonyl (C=O) groups excluding carboxylic acids is 1. The Morgan fingerprint density at radius 2 is 2.21 bits per heavy atom. The zero-order valence-corrected chi connectivity index (χ0v) is 12.3. The van der Waals surface area contributed by atoms with Gasteiger partial charge in [0.15, 0.2) is 0 Å². The first kappa shape index (κ1) is 15.3. The van der Waals surface area contributed by atoms with Crippen LogP contribution in [0.5, 0.6) is 5.75 Å². The van der Waals surface area contributed by atoms with Gasteiger partial charge >= 0.3 is 0 Å². The van der Waals surface area contributed by atoms with E-state index in [0.717, 1.165) is 0 Å². The predicted molar refractivity (Wildman–Crippen MR) is 75.3 cm³/mol. The summed E-state index contributed by atoms with van der Waals surface area (Å²) in [6.07, 6.45) is 0. The third kappa shape index (κ3) is 3.85. The molecule has 4 N–H and O–H groups in total. The van der Waals surface area contributed by atoms with E-state index in [1.807, 2.05) is 0 Å². The Kier molecular flexibility index (Phi) is 5.17. The van der Waals surface area contributed by atoms with E-state index in [2.05, 4.69) is 21.1 Å². The molecule has 1 aromatic carbocycles. The van der Waals surface area contributed by atoms with Gasteiger partial charge in [0.2, 0.25) is 0 Å². The molecular formula is C12H16BrN3O3. The van der Waals surface area contributed by atoms with Crippen molar-refractivity contribution in [2.75, 3.05) is 13.6 Å². The normalized spacial score (nSPS) is 13.1. The number of hydrogen-bond acceptors (Lipinski definition) is 4. The summed E-state index contributed by atoms with van der Waals surface area (Å²) < 4.78 is 0.525. The number of rotatable bonds is 4. The van der Waals surface area contributed by atoms with Gasteiger partial charge in [0.25, 0.3) is 5.91 Å². The first-order valence-electron chi connectivity index (χ1n) is 5.58. The van der Waals surface area contributed by atoms with E-state index < -0.39 is 0 Å². The molecule has 0 aliphatic rings. The lowest BCUT2D eigenvalue weighted by atomic mass is 10.1. The predicted octanol–water partition coefficient (Wildman–Crippen LogP) is 1.61. The number of nitrogens with two attached hydrogens (primary N) is 1. The first-order chi connectivity index (χ1) is 8.86. The molecule has 0 bridgehead atoms. The van der Waals surface area contributed by atoms with E-state index in [9.17, 15) is 9.90 Å². The van der Waals surface area contributed by atoms with Crippen LogP contribution in [0.4, 0.5) is 0 Å². The Morgan fingerprint density at radius 3 is 2.74 bits per heavy atom. The van der Waals surface area contributed by atoms with Crippen molar-refractivity contribution in [1.29, 1.82) is 0 Å². The third-order valence-electron chi connectivity index (χ3n) is 2.71. The molecule has 0 spiro atoms. The molecule has 0 aliphatic heterocycles. The number of halogens is 1. The van der Waals surface area contributed by atoms with Gasteiger partial charge < -0.3 is 20.9 Å². The van der Waals surface area contributed by atoms with Crippen LogP contribution in [0.3, 0.4) is 0 Å². The van der Waals surface area contributed by atoms with Gasteiger partial charge in [-0.05, 0) is 34.1 Å². The zero-order valence-electron chi connectivity index (χ0n) is 10.7. The number of carbonyl (C=O) groups is 1. The average molecular weight is 330 g/mol. The Balaban J connectivity index is 2.79. The number of amides is 1. The molecule has 19 heavy (non-hydrogen) atoms. The standard InChI is InChI=1S/C12H16BrN3O3/c1-7(11(14)15-19)6-16(2)12(18)8-3-4-9(13)10(17)5-8/h3-5,7,17,19H,6H2,1-2H3,(H2,14,15). The van der Waals surface area contributed by atoms with Gasteiger partial charge in [0.1, 0.15) is 11.6 Å². The van der Waals surface area contributed by atoms with Gasteiger partial charge in [-0.3, -0.25) is 4.79 Å². The van der Waals surface area contributed by atoms with Crippen LogP contribution in [-0.4, -0.2) is 40.5 Å². The molecule has 7 heteroatoms. The van der Waals surface area contributed by atoms with Crippen LogP contribution in [0.15, 0.2) is 27.8 Å². The van der Waals surface area contributed by atoms with Gasteiger partial charge in [-0.25, -0.2) is 0 Å². The number of phenolic OH excluding ortho intramolecular Hbond substituents is 1. The van der Waals surface area contributed by atoms with Gasteiger partial charge in [-0.2, -0.15) is 0 Å². The van der Waals surface area contributed by atoms with E-state index in [-0.39, 0.29) is 23.4 Å². The fourth-order valence-corrected chi connectivity index (χ4v) is 1.80. The number of aromatic hydroxyl groups is 1. The summed E-state index contributed by atoms with van der Waals surface area (Å²) >= 11 is 3.15. The van der Waals surface area contributed by atoms with Crippen molar-refractivity contribution in [2.24, 2.45) is 16.8 Å². The maximum atomic E-state index is 12.1. The van der Waals surface area contributed by atoms with E-state index in [4.69, 9.17) is 10.9 Å². The van der Waals surface area contributed by atoms with Crippen molar-refractivity contribution in [3.8, 4) is 5.75 Å². The van der Waals surface area contributed by atoms with Gasteiger partial charge in [0.05, 0.1) is 4.47 Å². The summed E-state index contributed by atoms with van der Waals surface area (Å²) in [6.45, 7) is 2.06. The van der Waals surface area contributed by atoms with E-state index >= 15 is 0 Å². The van der Waals surface area contributed by atoms with Crippen molar-refractivity contribution in [3.63, 3.8) is 0 Å². The molecule has 6 nitrogen and oxygen atoms in total. The molecule has 1 amide bonds. The van der Waals surface area contributed by atoms with Crippen LogP contribution in [0.25, 0.3) is 0 Å². The Morgan fingerprint density at radius 1 is 1.58 bits per heavy atom. The summed E-state index contributed by atoms with van der Waals surface area (Å²) in [7, 11) is 1.61. The van der Waals surface area contributed by atoms with Crippen LogP contribution in [0, 0.1) is 5.92 Å². The summed E-state index contributed by atoms with van der Waals surface area (Å²) in [5, 5.41) is 21.0. The number of hydrogen-bond donors (Lipinski definition) is 3. The SMILES string of the molecule is CC(CN(C)C(=O)c1ccc(Br)c(O)c1)/C(N)=N/O. The minimum absolute atomic E-state index is 0.00346. The molecule has 104 valence electrons. The fourth-order valence-electron chi connectivity index (χ4n) is 1.55. The summed E-state index contributed by atoms with van der Waals surface area (Å²) in [6, 6.07) is 4.59. The van der Waals surface area contributed by atoms with E-state index in [1.54, 1.807) is 26.1 Å². The molecule has 1 atom stereocenters. The third-order valence-corrected chi connectivity index (χ3v) is 3.38. The average Bonchev–Trinajstić information content (AvgIpc) is 2.39. The Hall–Kier alpha value is -1.76. The van der Waals surface area contributed by atoms with Crippen LogP contribution in [0.1, 0.15) is 17.3 Å². The number of oxime groups is 1. The van der Waals surface area contributed by atoms with Gasteiger partial charge in [0, 0.05) is 25.1 Å². The number of benzene rings is 1. The van der Waals surface area contributed by atoms with Crippen LogP contribution in [-0.2, 0) is 0 Å². The lowest BCUT2D eigenvalue weighted by Gasteiger charge is -2.21. The van der Waals surface area contributed by atoms with E-state index in [1.165, 1.54) is 11.0 Å². The molecule has 0 radical (unpaired) electrons. The van der Waals surface area contributed by atoms with Gasteiger partial charge in [-0.1, -0.05) is 12.1 Å². The number of phenols is 1. The quantitative estimate of drug-likeness (QED) is 0.338. The van der Waals surface area contributed by atoms with Gasteiger partial charge in [-0.15, -0.1) is 0 Å². The van der Waals surface area contributed by atoms with Crippen molar-refractivity contribution in [2.45, 2.75) is 6.92 Å².